The van der Waals surface area contributed by atoms with E-state index in [0.717, 1.165) is 19.3 Å². The van der Waals surface area contributed by atoms with E-state index in [-0.39, 0.29) is 28.8 Å². The summed E-state index contributed by atoms with van der Waals surface area (Å²) in [7, 11) is 0. The minimum absolute atomic E-state index is 0. The van der Waals surface area contributed by atoms with Gasteiger partial charge in [-0.2, -0.15) is 0 Å². The van der Waals surface area contributed by atoms with Crippen LogP contribution in [0.3, 0.4) is 0 Å². The molecule has 0 spiro atoms. The van der Waals surface area contributed by atoms with Crippen molar-refractivity contribution in [2.45, 2.75) is 109 Å². The Morgan fingerprint density at radius 3 is 1.58 bits per heavy atom. The van der Waals surface area contributed by atoms with Gasteiger partial charge in [0.25, 0.3) is 0 Å². The van der Waals surface area contributed by atoms with Gasteiger partial charge in [0.05, 0.1) is 6.61 Å². The Kier molecular flexibility index (Phi) is 23.2. The molecule has 4 nitrogen and oxygen atoms in total. The van der Waals surface area contributed by atoms with Crippen LogP contribution in [0.4, 0.5) is 0 Å². The van der Waals surface area contributed by atoms with E-state index in [1.807, 2.05) is 0 Å². The Balaban J connectivity index is 0. The standard InChI is InChI=1S/C20H38O4S.Au/c1-2-3-4-5-6-7-8-9-10-11-12-13-14-15-16-24-20(23)18(21)17-19(22)25;/h18,21H,2-17H2,1H3,(H,22,25);/q;+1/p-1. The molecule has 0 aliphatic rings. The first-order chi connectivity index (χ1) is 12.1. The van der Waals surface area contributed by atoms with Crippen LogP contribution in [0.15, 0.2) is 0 Å². The van der Waals surface area contributed by atoms with Crippen LogP contribution >= 0.6 is 0 Å². The topological polar surface area (TPSA) is 63.6 Å². The summed E-state index contributed by atoms with van der Waals surface area (Å²) in [6, 6.07) is 0. The molecule has 0 aliphatic heterocycles. The molecule has 6 heteroatoms. The SMILES string of the molecule is CCCCCCCCCCCCCCCCOC(=O)C(O)CC(=O)[S-].[Au+]. The summed E-state index contributed by atoms with van der Waals surface area (Å²) in [5, 5.41) is 8.72. The molecule has 0 heterocycles. The predicted octanol–water partition coefficient (Wildman–Crippen LogP) is 4.83. The molecule has 1 atom stereocenters. The van der Waals surface area contributed by atoms with Crippen LogP contribution in [0.2, 0.25) is 0 Å². The molecule has 0 amide bonds. The number of aliphatic hydroxyl groups is 1. The Morgan fingerprint density at radius 1 is 0.808 bits per heavy atom. The Labute approximate surface area is 181 Å². The van der Waals surface area contributed by atoms with Gasteiger partial charge in [-0.3, -0.25) is 0 Å². The van der Waals surface area contributed by atoms with E-state index >= 15 is 0 Å². The van der Waals surface area contributed by atoms with Gasteiger partial charge in [0.15, 0.2) is 6.10 Å². The van der Waals surface area contributed by atoms with Gasteiger partial charge in [-0.05, 0) is 6.42 Å². The summed E-state index contributed by atoms with van der Waals surface area (Å²) < 4.78 is 4.92. The van der Waals surface area contributed by atoms with E-state index in [0.29, 0.717) is 6.61 Å². The fourth-order valence-electron chi connectivity index (χ4n) is 2.81. The Bertz CT molecular complexity index is 340. The third-order valence-corrected chi connectivity index (χ3v) is 4.54. The number of rotatable bonds is 18. The monoisotopic (exact) mass is 570 g/mol. The first-order valence-corrected chi connectivity index (χ1v) is 10.5. The van der Waals surface area contributed by atoms with Crippen LogP contribution in [0.1, 0.15) is 103 Å². The maximum atomic E-state index is 11.3. The predicted molar refractivity (Wildman–Crippen MR) is 104 cm³/mol. The van der Waals surface area contributed by atoms with Crippen molar-refractivity contribution in [3.8, 4) is 0 Å². The average molecular weight is 571 g/mol. The number of ether oxygens (including phenoxy) is 1. The molecule has 1 N–H and O–H groups in total. The zero-order valence-corrected chi connectivity index (χ0v) is 19.3. The summed E-state index contributed by atoms with van der Waals surface area (Å²) in [6.07, 6.45) is 16.1. The molecule has 158 valence electrons. The van der Waals surface area contributed by atoms with Crippen molar-refractivity contribution in [1.29, 1.82) is 0 Å². The van der Waals surface area contributed by atoms with Crippen LogP contribution in [0, 0.1) is 0 Å². The van der Waals surface area contributed by atoms with Crippen molar-refractivity contribution >= 4 is 23.7 Å². The van der Waals surface area contributed by atoms with Crippen LogP contribution in [-0.4, -0.2) is 28.9 Å². The quantitative estimate of drug-likeness (QED) is 0.111. The first-order valence-electron chi connectivity index (χ1n) is 10.1. The van der Waals surface area contributed by atoms with E-state index in [1.165, 1.54) is 70.6 Å². The fraction of sp³-hybridized carbons (Fsp3) is 0.900. The molecule has 0 aromatic heterocycles. The smallest absolute Gasteiger partial charge is 0.742 e. The molecule has 0 fully saturated rings. The Hall–Kier alpha value is 0.0603. The second-order valence-corrected chi connectivity index (χ2v) is 7.31. The van der Waals surface area contributed by atoms with Crippen molar-refractivity contribution in [2.75, 3.05) is 6.61 Å². The molecule has 1 unspecified atom stereocenters. The van der Waals surface area contributed by atoms with Gasteiger partial charge in [0.1, 0.15) is 0 Å². The zero-order chi connectivity index (χ0) is 18.8. The molecule has 0 bridgehead atoms. The number of unbranched alkanes of at least 4 members (excludes halogenated alkanes) is 13. The van der Waals surface area contributed by atoms with E-state index < -0.39 is 17.2 Å². The van der Waals surface area contributed by atoms with E-state index in [1.54, 1.807) is 0 Å². The third-order valence-electron chi connectivity index (χ3n) is 4.37. The van der Waals surface area contributed by atoms with E-state index in [9.17, 15) is 14.7 Å². The van der Waals surface area contributed by atoms with E-state index in [4.69, 9.17) is 4.74 Å². The van der Waals surface area contributed by atoms with Gasteiger partial charge >= 0.3 is 28.3 Å². The van der Waals surface area contributed by atoms with Crippen molar-refractivity contribution in [2.24, 2.45) is 0 Å². The van der Waals surface area contributed by atoms with Crippen molar-refractivity contribution < 1.29 is 41.8 Å². The van der Waals surface area contributed by atoms with Gasteiger partial charge in [-0.1, -0.05) is 90.4 Å². The largest absolute Gasteiger partial charge is 1.00 e. The van der Waals surface area contributed by atoms with Crippen molar-refractivity contribution in [3.05, 3.63) is 0 Å². The number of hydrogen-bond acceptors (Lipinski definition) is 5. The van der Waals surface area contributed by atoms with Crippen molar-refractivity contribution in [1.82, 2.24) is 0 Å². The molecule has 0 radical (unpaired) electrons. The van der Waals surface area contributed by atoms with Gasteiger partial charge in [0.2, 0.25) is 0 Å². The average Bonchev–Trinajstić information content (AvgIpc) is 2.57. The molecule has 0 saturated carbocycles. The van der Waals surface area contributed by atoms with Gasteiger partial charge in [0, 0.05) is 11.5 Å². The first kappa shape index (κ1) is 28.3. The second kappa shape index (κ2) is 21.4. The molecule has 0 aromatic carbocycles. The molecule has 0 aliphatic carbocycles. The molecule has 0 rings (SSSR count). The number of esters is 1. The van der Waals surface area contributed by atoms with E-state index in [2.05, 4.69) is 19.6 Å². The summed E-state index contributed by atoms with van der Waals surface area (Å²) >= 11 is 4.32. The maximum absolute atomic E-state index is 11.3. The molecular formula is C20H37AuO4S. The summed E-state index contributed by atoms with van der Waals surface area (Å²) in [5.74, 6) is -0.743. The summed E-state index contributed by atoms with van der Waals surface area (Å²) in [4.78, 5) is 22.0. The van der Waals surface area contributed by atoms with Crippen molar-refractivity contribution in [3.63, 3.8) is 0 Å². The fourth-order valence-corrected chi connectivity index (χ4v) is 2.96. The van der Waals surface area contributed by atoms with Crippen LogP contribution < -0.4 is 0 Å². The summed E-state index contributed by atoms with van der Waals surface area (Å²) in [5.41, 5.74) is 0. The number of carbonyl (C=O) groups is 2. The van der Waals surface area contributed by atoms with Crippen LogP contribution in [-0.2, 0) is 49.3 Å². The third kappa shape index (κ3) is 20.4. The second-order valence-electron chi connectivity index (χ2n) is 6.86. The molecular weight excluding hydrogens is 533 g/mol. The minimum atomic E-state index is -1.41. The number of hydrogen-bond donors (Lipinski definition) is 1. The molecule has 0 saturated heterocycles. The normalized spacial score (nSPS) is 11.6. The van der Waals surface area contributed by atoms with Gasteiger partial charge in [-0.15, -0.1) is 0 Å². The van der Waals surface area contributed by atoms with Crippen LogP contribution in [0.5, 0.6) is 0 Å². The minimum Gasteiger partial charge on any atom is -0.742 e. The molecule has 26 heavy (non-hydrogen) atoms. The van der Waals surface area contributed by atoms with Gasteiger partial charge in [-0.25, -0.2) is 4.79 Å². The van der Waals surface area contributed by atoms with Crippen LogP contribution in [0.25, 0.3) is 0 Å². The number of carbonyl (C=O) groups excluding carboxylic acids is 2. The molecule has 0 aromatic rings. The van der Waals surface area contributed by atoms with Gasteiger partial charge < -0.3 is 27.3 Å². The summed E-state index contributed by atoms with van der Waals surface area (Å²) in [6.45, 7) is 2.56. The zero-order valence-electron chi connectivity index (χ0n) is 16.3. The number of aliphatic hydroxyl groups excluding tert-OH is 1. The maximum Gasteiger partial charge on any atom is 1.00 e. The Morgan fingerprint density at radius 2 is 1.19 bits per heavy atom.